The Kier molecular flexibility index (Phi) is 7.05. The number of hydrogen-bond donors (Lipinski definition) is 1. The summed E-state index contributed by atoms with van der Waals surface area (Å²) in [4.78, 5) is 0. The average Bonchev–Trinajstić information content (AvgIpc) is 2.34. The molecule has 108 valence electrons. The maximum absolute atomic E-state index is 6.24. The predicted molar refractivity (Wildman–Crippen MR) is 85.4 cm³/mol. The molecule has 0 heterocycles. The van der Waals surface area contributed by atoms with Crippen LogP contribution in [-0.4, -0.2) is 18.7 Å². The second kappa shape index (κ2) is 8.03. The Hall–Kier alpha value is -0.380. The molecule has 0 fully saturated rings. The molecule has 1 N–H and O–H groups in total. The molecule has 0 aromatic heterocycles. The Bertz CT molecular complexity index is 379. The Morgan fingerprint density at radius 1 is 1.11 bits per heavy atom. The van der Waals surface area contributed by atoms with Crippen molar-refractivity contribution in [2.45, 2.75) is 52.9 Å². The highest BCUT2D eigenvalue weighted by atomic mass is 79.9. The fourth-order valence-corrected chi connectivity index (χ4v) is 2.27. The predicted octanol–water partition coefficient (Wildman–Crippen LogP) is 4.55. The van der Waals surface area contributed by atoms with Crippen molar-refractivity contribution >= 4 is 15.9 Å². The first kappa shape index (κ1) is 16.7. The van der Waals surface area contributed by atoms with Gasteiger partial charge in [-0.1, -0.05) is 61.8 Å². The number of rotatable bonds is 7. The number of nitrogens with one attached hydrogen (secondary N) is 1. The van der Waals surface area contributed by atoms with E-state index in [0.717, 1.165) is 11.0 Å². The van der Waals surface area contributed by atoms with Crippen LogP contribution in [0.15, 0.2) is 28.7 Å². The van der Waals surface area contributed by atoms with Crippen LogP contribution in [0.4, 0.5) is 0 Å². The maximum atomic E-state index is 6.24. The summed E-state index contributed by atoms with van der Waals surface area (Å²) in [7, 11) is 0. The third-order valence-electron chi connectivity index (χ3n) is 3.28. The third-order valence-corrected chi connectivity index (χ3v) is 4.00. The SMILES string of the molecule is CC(C)NCC(OC(C)C(C)C)c1ccccc1Br. The maximum Gasteiger partial charge on any atom is 0.0963 e. The highest BCUT2D eigenvalue weighted by molar-refractivity contribution is 9.10. The lowest BCUT2D eigenvalue weighted by atomic mass is 10.1. The molecule has 0 spiro atoms. The second-order valence-electron chi connectivity index (χ2n) is 5.66. The van der Waals surface area contributed by atoms with Gasteiger partial charge < -0.3 is 10.1 Å². The topological polar surface area (TPSA) is 21.3 Å². The normalized spacial score (nSPS) is 14.9. The zero-order valence-corrected chi connectivity index (χ0v) is 14.2. The van der Waals surface area contributed by atoms with Gasteiger partial charge in [0.05, 0.1) is 12.2 Å². The van der Waals surface area contributed by atoms with Crippen LogP contribution >= 0.6 is 15.9 Å². The van der Waals surface area contributed by atoms with Gasteiger partial charge in [0.2, 0.25) is 0 Å². The van der Waals surface area contributed by atoms with Crippen LogP contribution in [0.2, 0.25) is 0 Å². The van der Waals surface area contributed by atoms with Gasteiger partial charge in [0.1, 0.15) is 0 Å². The lowest BCUT2D eigenvalue weighted by molar-refractivity contribution is -0.0270. The molecule has 0 bridgehead atoms. The van der Waals surface area contributed by atoms with E-state index in [2.05, 4.69) is 74.1 Å². The summed E-state index contributed by atoms with van der Waals surface area (Å²) in [6, 6.07) is 8.76. The van der Waals surface area contributed by atoms with Gasteiger partial charge in [-0.15, -0.1) is 0 Å². The molecule has 19 heavy (non-hydrogen) atoms. The summed E-state index contributed by atoms with van der Waals surface area (Å²) in [6.07, 6.45) is 0.321. The molecule has 0 saturated heterocycles. The van der Waals surface area contributed by atoms with Crippen molar-refractivity contribution in [1.82, 2.24) is 5.32 Å². The summed E-state index contributed by atoms with van der Waals surface area (Å²) < 4.78 is 7.35. The number of hydrogen-bond acceptors (Lipinski definition) is 2. The lowest BCUT2D eigenvalue weighted by Gasteiger charge is -2.27. The average molecular weight is 328 g/mol. The van der Waals surface area contributed by atoms with Crippen molar-refractivity contribution in [2.75, 3.05) is 6.54 Å². The van der Waals surface area contributed by atoms with Crippen LogP contribution in [0, 0.1) is 5.92 Å². The van der Waals surface area contributed by atoms with E-state index in [-0.39, 0.29) is 12.2 Å². The first-order valence-corrected chi connectivity index (χ1v) is 7.84. The van der Waals surface area contributed by atoms with E-state index in [9.17, 15) is 0 Å². The molecule has 0 saturated carbocycles. The van der Waals surface area contributed by atoms with E-state index in [4.69, 9.17) is 4.74 Å². The van der Waals surface area contributed by atoms with Gasteiger partial charge in [-0.2, -0.15) is 0 Å². The van der Waals surface area contributed by atoms with Crippen molar-refractivity contribution in [3.05, 3.63) is 34.3 Å². The summed E-state index contributed by atoms with van der Waals surface area (Å²) in [6.45, 7) is 11.7. The van der Waals surface area contributed by atoms with E-state index >= 15 is 0 Å². The Morgan fingerprint density at radius 2 is 1.74 bits per heavy atom. The molecule has 0 amide bonds. The van der Waals surface area contributed by atoms with E-state index in [1.165, 1.54) is 5.56 Å². The summed E-state index contributed by atoms with van der Waals surface area (Å²) in [5.41, 5.74) is 1.21. The fraction of sp³-hybridized carbons (Fsp3) is 0.625. The highest BCUT2D eigenvalue weighted by Crippen LogP contribution is 2.27. The second-order valence-corrected chi connectivity index (χ2v) is 6.51. The van der Waals surface area contributed by atoms with Gasteiger partial charge >= 0.3 is 0 Å². The largest absolute Gasteiger partial charge is 0.369 e. The molecule has 2 atom stereocenters. The number of halogens is 1. The minimum absolute atomic E-state index is 0.0791. The Morgan fingerprint density at radius 3 is 2.26 bits per heavy atom. The van der Waals surface area contributed by atoms with E-state index < -0.39 is 0 Å². The van der Waals surface area contributed by atoms with Gasteiger partial charge in [0.25, 0.3) is 0 Å². The van der Waals surface area contributed by atoms with Gasteiger partial charge in [-0.3, -0.25) is 0 Å². The van der Waals surface area contributed by atoms with Crippen molar-refractivity contribution in [2.24, 2.45) is 5.92 Å². The Balaban J connectivity index is 2.83. The first-order chi connectivity index (χ1) is 8.91. The molecule has 0 aliphatic heterocycles. The minimum Gasteiger partial charge on any atom is -0.369 e. The molecule has 1 aromatic rings. The number of ether oxygens (including phenoxy) is 1. The highest BCUT2D eigenvalue weighted by Gasteiger charge is 2.19. The standard InChI is InChI=1S/C16H26BrNO/c1-11(2)13(5)19-16(10-18-12(3)4)14-8-6-7-9-15(14)17/h6-9,11-13,16,18H,10H2,1-5H3. The van der Waals surface area contributed by atoms with Crippen molar-refractivity contribution in [1.29, 1.82) is 0 Å². The van der Waals surface area contributed by atoms with Crippen LogP contribution in [0.25, 0.3) is 0 Å². The zero-order chi connectivity index (χ0) is 14.4. The minimum atomic E-state index is 0.0791. The van der Waals surface area contributed by atoms with E-state index in [1.807, 2.05) is 6.07 Å². The molecule has 1 rings (SSSR count). The van der Waals surface area contributed by atoms with Crippen LogP contribution in [-0.2, 0) is 4.74 Å². The summed E-state index contributed by atoms with van der Waals surface area (Å²) >= 11 is 3.62. The van der Waals surface area contributed by atoms with E-state index in [1.54, 1.807) is 0 Å². The van der Waals surface area contributed by atoms with Gasteiger partial charge in [-0.05, 0) is 24.5 Å². The van der Waals surface area contributed by atoms with Crippen molar-refractivity contribution in [3.63, 3.8) is 0 Å². The molecule has 0 aliphatic rings. The van der Waals surface area contributed by atoms with E-state index in [0.29, 0.717) is 12.0 Å². The van der Waals surface area contributed by atoms with Crippen LogP contribution in [0.1, 0.15) is 46.3 Å². The van der Waals surface area contributed by atoms with Crippen molar-refractivity contribution < 1.29 is 4.74 Å². The quantitative estimate of drug-likeness (QED) is 0.793. The van der Waals surface area contributed by atoms with Crippen LogP contribution in [0.5, 0.6) is 0 Å². The van der Waals surface area contributed by atoms with Gasteiger partial charge in [0.15, 0.2) is 0 Å². The third kappa shape index (κ3) is 5.64. The molecule has 2 nitrogen and oxygen atoms in total. The molecule has 0 aliphatic carbocycles. The fourth-order valence-electron chi connectivity index (χ4n) is 1.73. The smallest absolute Gasteiger partial charge is 0.0963 e. The van der Waals surface area contributed by atoms with Crippen molar-refractivity contribution in [3.8, 4) is 0 Å². The van der Waals surface area contributed by atoms with Crippen LogP contribution < -0.4 is 5.32 Å². The zero-order valence-electron chi connectivity index (χ0n) is 12.6. The lowest BCUT2D eigenvalue weighted by Crippen LogP contribution is -2.31. The molecule has 1 aromatic carbocycles. The summed E-state index contributed by atoms with van der Waals surface area (Å²) in [5, 5.41) is 3.47. The van der Waals surface area contributed by atoms with Gasteiger partial charge in [0, 0.05) is 17.1 Å². The first-order valence-electron chi connectivity index (χ1n) is 7.05. The summed E-state index contributed by atoms with van der Waals surface area (Å²) in [5.74, 6) is 0.518. The molecular weight excluding hydrogens is 302 g/mol. The monoisotopic (exact) mass is 327 g/mol. The molecule has 0 radical (unpaired) electrons. The molecule has 3 heteroatoms. The molecule has 2 unspecified atom stereocenters. The van der Waals surface area contributed by atoms with Gasteiger partial charge in [-0.25, -0.2) is 0 Å². The molecular formula is C16H26BrNO. The number of benzene rings is 1. The Labute approximate surface area is 126 Å². The van der Waals surface area contributed by atoms with Crippen LogP contribution in [0.3, 0.4) is 0 Å².